The van der Waals surface area contributed by atoms with Crippen LogP contribution < -0.4 is 0 Å². The molecular formula is C13H8Cl2N2. The molecule has 0 aliphatic carbocycles. The molecule has 0 saturated heterocycles. The third kappa shape index (κ3) is 1.56. The summed E-state index contributed by atoms with van der Waals surface area (Å²) in [4.78, 5) is 8.71. The Bertz CT molecular complexity index is 738. The van der Waals surface area contributed by atoms with Gasteiger partial charge in [0.2, 0.25) is 0 Å². The molecular weight excluding hydrogens is 255 g/mol. The quantitative estimate of drug-likeness (QED) is 0.562. The number of benzene rings is 1. The lowest BCUT2D eigenvalue weighted by Gasteiger charge is -2.08. The predicted molar refractivity (Wildman–Crippen MR) is 71.8 cm³/mol. The summed E-state index contributed by atoms with van der Waals surface area (Å²) in [5.74, 6) is 0. The highest BCUT2D eigenvalue weighted by Crippen LogP contribution is 2.33. The van der Waals surface area contributed by atoms with Gasteiger partial charge in [0.15, 0.2) is 0 Å². The second-order valence-corrected chi connectivity index (χ2v) is 4.71. The standard InChI is InChI=1S/C13H8Cl2N2/c1-7-6-8-9(14)2-4-16-12(8)13-11(7)10(15)3-5-17-13/h2-6H,1H3. The minimum atomic E-state index is 0.682. The Hall–Kier alpha value is -1.38. The lowest BCUT2D eigenvalue weighted by atomic mass is 10.1. The number of rotatable bonds is 0. The van der Waals surface area contributed by atoms with E-state index in [0.29, 0.717) is 10.0 Å². The smallest absolute Gasteiger partial charge is 0.0982 e. The third-order valence-corrected chi connectivity index (χ3v) is 3.46. The number of aromatic nitrogens is 2. The van der Waals surface area contributed by atoms with Crippen molar-refractivity contribution in [1.29, 1.82) is 0 Å². The molecule has 0 saturated carbocycles. The maximum atomic E-state index is 6.20. The van der Waals surface area contributed by atoms with Gasteiger partial charge in [-0.25, -0.2) is 0 Å². The Kier molecular flexibility index (Phi) is 2.42. The number of hydrogen-bond acceptors (Lipinski definition) is 2. The molecule has 0 spiro atoms. The summed E-state index contributed by atoms with van der Waals surface area (Å²) >= 11 is 12.4. The van der Waals surface area contributed by atoms with Crippen LogP contribution in [0.3, 0.4) is 0 Å². The van der Waals surface area contributed by atoms with Crippen molar-refractivity contribution in [3.8, 4) is 0 Å². The molecule has 1 aromatic carbocycles. The number of nitrogens with zero attached hydrogens (tertiary/aromatic N) is 2. The molecule has 2 aromatic heterocycles. The second-order valence-electron chi connectivity index (χ2n) is 3.90. The van der Waals surface area contributed by atoms with Crippen LogP contribution in [0.15, 0.2) is 30.6 Å². The molecule has 0 radical (unpaired) electrons. The van der Waals surface area contributed by atoms with Gasteiger partial charge < -0.3 is 0 Å². The third-order valence-electron chi connectivity index (χ3n) is 2.82. The minimum absolute atomic E-state index is 0.682. The maximum Gasteiger partial charge on any atom is 0.0982 e. The van der Waals surface area contributed by atoms with E-state index in [-0.39, 0.29) is 0 Å². The van der Waals surface area contributed by atoms with E-state index in [9.17, 15) is 0 Å². The van der Waals surface area contributed by atoms with Gasteiger partial charge >= 0.3 is 0 Å². The zero-order chi connectivity index (χ0) is 12.0. The molecule has 3 aromatic rings. The predicted octanol–water partition coefficient (Wildman–Crippen LogP) is 4.40. The molecule has 4 heteroatoms. The lowest BCUT2D eigenvalue weighted by molar-refractivity contribution is 1.36. The van der Waals surface area contributed by atoms with Crippen molar-refractivity contribution >= 4 is 45.0 Å². The molecule has 0 bridgehead atoms. The largest absolute Gasteiger partial charge is 0.254 e. The van der Waals surface area contributed by atoms with Gasteiger partial charge in [0.05, 0.1) is 21.1 Å². The van der Waals surface area contributed by atoms with E-state index in [1.54, 1.807) is 24.5 Å². The van der Waals surface area contributed by atoms with Crippen LogP contribution in [0.4, 0.5) is 0 Å². The van der Waals surface area contributed by atoms with Crippen LogP contribution in [0, 0.1) is 6.92 Å². The first-order valence-corrected chi connectivity index (χ1v) is 5.92. The van der Waals surface area contributed by atoms with Crippen molar-refractivity contribution < 1.29 is 0 Å². The molecule has 0 N–H and O–H groups in total. The van der Waals surface area contributed by atoms with Crippen LogP contribution in [-0.2, 0) is 0 Å². The Balaban J connectivity index is 2.65. The van der Waals surface area contributed by atoms with Crippen molar-refractivity contribution in [2.24, 2.45) is 0 Å². The molecule has 0 aliphatic heterocycles. The molecule has 84 valence electrons. The first-order valence-electron chi connectivity index (χ1n) is 5.16. The van der Waals surface area contributed by atoms with E-state index < -0.39 is 0 Å². The van der Waals surface area contributed by atoms with E-state index in [1.807, 2.05) is 13.0 Å². The Morgan fingerprint density at radius 1 is 0.941 bits per heavy atom. The van der Waals surface area contributed by atoms with Gasteiger partial charge in [-0.3, -0.25) is 9.97 Å². The average Bonchev–Trinajstić information content (AvgIpc) is 2.31. The highest BCUT2D eigenvalue weighted by atomic mass is 35.5. The Morgan fingerprint density at radius 2 is 1.59 bits per heavy atom. The highest BCUT2D eigenvalue weighted by Gasteiger charge is 2.10. The van der Waals surface area contributed by atoms with Crippen LogP contribution in [-0.4, -0.2) is 9.97 Å². The number of aryl methyl sites for hydroxylation is 1. The Labute approximate surface area is 108 Å². The van der Waals surface area contributed by atoms with Crippen LogP contribution in [0.1, 0.15) is 5.56 Å². The molecule has 2 heterocycles. The fraction of sp³-hybridized carbons (Fsp3) is 0.0769. The fourth-order valence-corrected chi connectivity index (χ4v) is 2.55. The summed E-state index contributed by atoms with van der Waals surface area (Å²) in [6, 6.07) is 5.56. The average molecular weight is 263 g/mol. The van der Waals surface area contributed by atoms with Crippen LogP contribution >= 0.6 is 23.2 Å². The normalized spacial score (nSPS) is 11.2. The molecule has 3 rings (SSSR count). The summed E-state index contributed by atoms with van der Waals surface area (Å²) in [6.45, 7) is 2.00. The zero-order valence-electron chi connectivity index (χ0n) is 9.04. The summed E-state index contributed by atoms with van der Waals surface area (Å²) in [6.07, 6.45) is 3.37. The summed E-state index contributed by atoms with van der Waals surface area (Å²) in [5.41, 5.74) is 2.65. The van der Waals surface area contributed by atoms with E-state index in [2.05, 4.69) is 9.97 Å². The molecule has 0 aliphatic rings. The van der Waals surface area contributed by atoms with Gasteiger partial charge in [0, 0.05) is 23.2 Å². The zero-order valence-corrected chi connectivity index (χ0v) is 10.5. The number of fused-ring (bicyclic) bond motifs is 3. The van der Waals surface area contributed by atoms with E-state index in [4.69, 9.17) is 23.2 Å². The minimum Gasteiger partial charge on any atom is -0.254 e. The summed E-state index contributed by atoms with van der Waals surface area (Å²) < 4.78 is 0. The van der Waals surface area contributed by atoms with Crippen molar-refractivity contribution in [3.63, 3.8) is 0 Å². The van der Waals surface area contributed by atoms with E-state index in [1.165, 1.54) is 0 Å². The molecule has 2 nitrogen and oxygen atoms in total. The van der Waals surface area contributed by atoms with E-state index in [0.717, 1.165) is 27.4 Å². The molecule has 0 fully saturated rings. The van der Waals surface area contributed by atoms with Crippen LogP contribution in [0.25, 0.3) is 21.8 Å². The topological polar surface area (TPSA) is 25.8 Å². The number of halogens is 2. The van der Waals surface area contributed by atoms with Gasteiger partial charge in [0.25, 0.3) is 0 Å². The summed E-state index contributed by atoms with van der Waals surface area (Å²) in [5, 5.41) is 3.23. The monoisotopic (exact) mass is 262 g/mol. The first-order chi connectivity index (χ1) is 8.18. The molecule has 0 unspecified atom stereocenters. The number of hydrogen-bond donors (Lipinski definition) is 0. The van der Waals surface area contributed by atoms with Crippen LogP contribution in [0.2, 0.25) is 10.0 Å². The fourth-order valence-electron chi connectivity index (χ4n) is 2.06. The van der Waals surface area contributed by atoms with Crippen molar-refractivity contribution in [3.05, 3.63) is 46.2 Å². The maximum absolute atomic E-state index is 6.20. The SMILES string of the molecule is Cc1cc2c(Cl)ccnc2c2nccc(Cl)c12. The van der Waals surface area contributed by atoms with Gasteiger partial charge in [0.1, 0.15) is 0 Å². The first kappa shape index (κ1) is 10.8. The van der Waals surface area contributed by atoms with Crippen LogP contribution in [0.5, 0.6) is 0 Å². The highest BCUT2D eigenvalue weighted by molar-refractivity contribution is 6.38. The molecule has 0 amide bonds. The van der Waals surface area contributed by atoms with Crippen molar-refractivity contribution in [1.82, 2.24) is 9.97 Å². The van der Waals surface area contributed by atoms with Gasteiger partial charge in [-0.1, -0.05) is 23.2 Å². The van der Waals surface area contributed by atoms with Gasteiger partial charge in [-0.05, 0) is 30.7 Å². The number of pyridine rings is 2. The van der Waals surface area contributed by atoms with Crippen molar-refractivity contribution in [2.75, 3.05) is 0 Å². The van der Waals surface area contributed by atoms with Gasteiger partial charge in [-0.15, -0.1) is 0 Å². The Morgan fingerprint density at radius 3 is 2.35 bits per heavy atom. The molecule has 0 atom stereocenters. The van der Waals surface area contributed by atoms with E-state index >= 15 is 0 Å². The second kappa shape index (κ2) is 3.83. The van der Waals surface area contributed by atoms with Crippen molar-refractivity contribution in [2.45, 2.75) is 6.92 Å². The summed E-state index contributed by atoms with van der Waals surface area (Å²) in [7, 11) is 0. The van der Waals surface area contributed by atoms with Gasteiger partial charge in [-0.2, -0.15) is 0 Å². The molecule has 17 heavy (non-hydrogen) atoms. The lowest BCUT2D eigenvalue weighted by Crippen LogP contribution is -1.89.